The van der Waals surface area contributed by atoms with Gasteiger partial charge in [0.25, 0.3) is 5.91 Å². The number of carboxylic acids is 1. The van der Waals surface area contributed by atoms with Crippen molar-refractivity contribution in [3.8, 4) is 11.5 Å². The minimum atomic E-state index is -0.853. The van der Waals surface area contributed by atoms with E-state index in [4.69, 9.17) is 14.6 Å². The molecule has 0 radical (unpaired) electrons. The highest BCUT2D eigenvalue weighted by molar-refractivity contribution is 9.10. The Balaban J connectivity index is 1.82. The quantitative estimate of drug-likeness (QED) is 0.874. The lowest BCUT2D eigenvalue weighted by atomic mass is 10.1. The molecule has 1 unspecified atom stereocenters. The van der Waals surface area contributed by atoms with Crippen LogP contribution in [0.3, 0.4) is 0 Å². The molecule has 0 spiro atoms. The monoisotopic (exact) mass is 355 g/mol. The molecule has 0 bridgehead atoms. The van der Waals surface area contributed by atoms with E-state index in [-0.39, 0.29) is 12.5 Å². The van der Waals surface area contributed by atoms with E-state index >= 15 is 0 Å². The molecule has 1 aromatic rings. The molecule has 21 heavy (non-hydrogen) atoms. The van der Waals surface area contributed by atoms with Gasteiger partial charge >= 0.3 is 5.97 Å². The fourth-order valence-corrected chi connectivity index (χ4v) is 3.12. The minimum Gasteiger partial charge on any atom is -0.486 e. The van der Waals surface area contributed by atoms with Crippen LogP contribution >= 0.6 is 15.9 Å². The largest absolute Gasteiger partial charge is 0.486 e. The van der Waals surface area contributed by atoms with Gasteiger partial charge in [-0.15, -0.1) is 0 Å². The first-order valence-corrected chi connectivity index (χ1v) is 7.47. The molecule has 2 heterocycles. The van der Waals surface area contributed by atoms with Crippen LogP contribution in [-0.4, -0.2) is 48.2 Å². The van der Waals surface area contributed by atoms with Crippen LogP contribution in [0.15, 0.2) is 16.6 Å². The molecule has 1 fully saturated rings. The molecular weight excluding hydrogens is 342 g/mol. The average Bonchev–Trinajstić information content (AvgIpc) is 2.96. The minimum absolute atomic E-state index is 0.184. The third kappa shape index (κ3) is 2.70. The van der Waals surface area contributed by atoms with E-state index in [1.807, 2.05) is 0 Å². The standard InChI is InChI=1S/C14H14BrNO5/c15-10-5-9(6-11-12(10)21-4-3-20-11)13(17)16-2-1-8(7-16)14(18)19/h5-6,8H,1-4,7H2,(H,18,19). The Morgan fingerprint density at radius 1 is 1.29 bits per heavy atom. The smallest absolute Gasteiger partial charge is 0.308 e. The van der Waals surface area contributed by atoms with Crippen LogP contribution in [-0.2, 0) is 4.79 Å². The van der Waals surface area contributed by atoms with E-state index < -0.39 is 11.9 Å². The molecule has 1 aromatic carbocycles. The number of amides is 1. The van der Waals surface area contributed by atoms with Gasteiger partial charge in [-0.25, -0.2) is 0 Å². The number of fused-ring (bicyclic) bond motifs is 1. The van der Waals surface area contributed by atoms with E-state index in [9.17, 15) is 9.59 Å². The predicted molar refractivity (Wildman–Crippen MR) is 76.8 cm³/mol. The number of likely N-dealkylation sites (tertiary alicyclic amines) is 1. The van der Waals surface area contributed by atoms with Crippen molar-refractivity contribution in [3.63, 3.8) is 0 Å². The van der Waals surface area contributed by atoms with Crippen molar-refractivity contribution in [3.05, 3.63) is 22.2 Å². The summed E-state index contributed by atoms with van der Waals surface area (Å²) in [5.41, 5.74) is 0.470. The number of ether oxygens (including phenoxy) is 2. The first kappa shape index (κ1) is 14.2. The summed E-state index contributed by atoms with van der Waals surface area (Å²) in [6, 6.07) is 3.33. The maximum Gasteiger partial charge on any atom is 0.308 e. The number of benzene rings is 1. The van der Waals surface area contributed by atoms with Crippen LogP contribution in [0.4, 0.5) is 0 Å². The van der Waals surface area contributed by atoms with E-state index in [1.165, 1.54) is 0 Å². The third-order valence-corrected chi connectivity index (χ3v) is 4.26. The fraction of sp³-hybridized carbons (Fsp3) is 0.429. The highest BCUT2D eigenvalue weighted by atomic mass is 79.9. The van der Waals surface area contributed by atoms with Crippen molar-refractivity contribution in [1.82, 2.24) is 4.90 Å². The van der Waals surface area contributed by atoms with Crippen LogP contribution in [0.25, 0.3) is 0 Å². The number of carbonyl (C=O) groups is 2. The van der Waals surface area contributed by atoms with Crippen molar-refractivity contribution in [2.24, 2.45) is 5.92 Å². The van der Waals surface area contributed by atoms with Gasteiger partial charge in [-0.2, -0.15) is 0 Å². The summed E-state index contributed by atoms with van der Waals surface area (Å²) in [4.78, 5) is 25.0. The predicted octanol–water partition coefficient (Wildman–Crippen LogP) is 1.77. The van der Waals surface area contributed by atoms with Crippen molar-refractivity contribution < 1.29 is 24.2 Å². The normalized spacial score (nSPS) is 20.4. The zero-order valence-corrected chi connectivity index (χ0v) is 12.8. The molecule has 0 saturated carbocycles. The average molecular weight is 356 g/mol. The lowest BCUT2D eigenvalue weighted by molar-refractivity contribution is -0.141. The molecule has 1 saturated heterocycles. The van der Waals surface area contributed by atoms with Crippen molar-refractivity contribution in [2.45, 2.75) is 6.42 Å². The van der Waals surface area contributed by atoms with Crippen LogP contribution in [0, 0.1) is 5.92 Å². The molecule has 1 atom stereocenters. The molecule has 0 aliphatic carbocycles. The number of carbonyl (C=O) groups excluding carboxylic acids is 1. The second-order valence-electron chi connectivity index (χ2n) is 5.06. The summed E-state index contributed by atoms with van der Waals surface area (Å²) in [6.45, 7) is 1.63. The van der Waals surface area contributed by atoms with Crippen LogP contribution < -0.4 is 9.47 Å². The van der Waals surface area contributed by atoms with E-state index in [0.717, 1.165) is 0 Å². The van der Waals surface area contributed by atoms with Gasteiger partial charge in [-0.05, 0) is 34.5 Å². The number of aliphatic carboxylic acids is 1. The van der Waals surface area contributed by atoms with Gasteiger partial charge in [0.2, 0.25) is 0 Å². The number of halogens is 1. The number of rotatable bonds is 2. The highest BCUT2D eigenvalue weighted by Crippen LogP contribution is 2.39. The van der Waals surface area contributed by atoms with E-state index in [2.05, 4.69) is 15.9 Å². The first-order valence-electron chi connectivity index (χ1n) is 6.67. The van der Waals surface area contributed by atoms with Crippen LogP contribution in [0.2, 0.25) is 0 Å². The molecule has 1 N–H and O–H groups in total. The van der Waals surface area contributed by atoms with Gasteiger partial charge in [0.05, 0.1) is 10.4 Å². The summed E-state index contributed by atoms with van der Waals surface area (Å²) in [7, 11) is 0. The number of nitrogens with zero attached hydrogens (tertiary/aromatic N) is 1. The van der Waals surface area contributed by atoms with Crippen LogP contribution in [0.5, 0.6) is 11.5 Å². The number of hydrogen-bond donors (Lipinski definition) is 1. The van der Waals surface area contributed by atoms with E-state index in [0.29, 0.717) is 47.7 Å². The van der Waals surface area contributed by atoms with Gasteiger partial charge in [-0.3, -0.25) is 9.59 Å². The molecular formula is C14H14BrNO5. The van der Waals surface area contributed by atoms with Crippen LogP contribution in [0.1, 0.15) is 16.8 Å². The summed E-state index contributed by atoms with van der Waals surface area (Å²) < 4.78 is 11.6. The zero-order chi connectivity index (χ0) is 15.0. The maximum atomic E-state index is 12.5. The van der Waals surface area contributed by atoms with Gasteiger partial charge in [0.1, 0.15) is 13.2 Å². The van der Waals surface area contributed by atoms with Crippen molar-refractivity contribution in [2.75, 3.05) is 26.3 Å². The number of carboxylic acid groups (broad SMARTS) is 1. The Bertz CT molecular complexity index is 603. The molecule has 3 rings (SSSR count). The maximum absolute atomic E-state index is 12.5. The fourth-order valence-electron chi connectivity index (χ4n) is 2.56. The summed E-state index contributed by atoms with van der Waals surface area (Å²) in [6.07, 6.45) is 0.493. The molecule has 1 amide bonds. The highest BCUT2D eigenvalue weighted by Gasteiger charge is 2.32. The summed E-state index contributed by atoms with van der Waals surface area (Å²) in [5, 5.41) is 9.00. The third-order valence-electron chi connectivity index (χ3n) is 3.67. The molecule has 7 heteroatoms. The summed E-state index contributed by atoms with van der Waals surface area (Å²) in [5.74, 6) is -0.379. The Morgan fingerprint density at radius 2 is 2.05 bits per heavy atom. The second kappa shape index (κ2) is 5.55. The molecule has 112 valence electrons. The van der Waals surface area contributed by atoms with Gasteiger partial charge in [0.15, 0.2) is 11.5 Å². The Labute approximate surface area is 129 Å². The zero-order valence-electron chi connectivity index (χ0n) is 11.2. The Kier molecular flexibility index (Phi) is 3.75. The lowest BCUT2D eigenvalue weighted by Gasteiger charge is -2.22. The molecule has 0 aromatic heterocycles. The second-order valence-corrected chi connectivity index (χ2v) is 5.91. The topological polar surface area (TPSA) is 76.1 Å². The molecule has 2 aliphatic heterocycles. The van der Waals surface area contributed by atoms with E-state index in [1.54, 1.807) is 17.0 Å². The number of hydrogen-bond acceptors (Lipinski definition) is 4. The lowest BCUT2D eigenvalue weighted by Crippen LogP contribution is -2.30. The Morgan fingerprint density at radius 3 is 2.76 bits per heavy atom. The van der Waals surface area contributed by atoms with Crippen molar-refractivity contribution in [1.29, 1.82) is 0 Å². The van der Waals surface area contributed by atoms with Gasteiger partial charge < -0.3 is 19.5 Å². The Hall–Kier alpha value is -1.76. The summed E-state index contributed by atoms with van der Waals surface area (Å²) >= 11 is 3.37. The molecule has 6 nitrogen and oxygen atoms in total. The molecule has 2 aliphatic rings. The van der Waals surface area contributed by atoms with Crippen molar-refractivity contribution >= 4 is 27.8 Å². The SMILES string of the molecule is O=C(O)C1CCN(C(=O)c2cc(Br)c3c(c2)OCCO3)C1. The first-order chi connectivity index (χ1) is 10.1. The van der Waals surface area contributed by atoms with Gasteiger partial charge in [-0.1, -0.05) is 0 Å². The van der Waals surface area contributed by atoms with Gasteiger partial charge in [0, 0.05) is 18.7 Å².